The summed E-state index contributed by atoms with van der Waals surface area (Å²) in [5, 5.41) is 4.12. The van der Waals surface area contributed by atoms with Crippen LogP contribution in [0.1, 0.15) is 48.5 Å². The molecule has 33 heavy (non-hydrogen) atoms. The molecule has 4 heterocycles. The maximum absolute atomic E-state index is 11.7. The third-order valence-corrected chi connectivity index (χ3v) is 6.89. The molecule has 170 valence electrons. The largest absolute Gasteiger partial charge is 0.381 e. The number of carbonyl (C=O) groups excluding carboxylic acids is 1. The van der Waals surface area contributed by atoms with E-state index in [4.69, 9.17) is 14.2 Å². The van der Waals surface area contributed by atoms with E-state index in [-0.39, 0.29) is 11.2 Å². The monoisotopic (exact) mass is 443 g/mol. The van der Waals surface area contributed by atoms with Gasteiger partial charge in [0, 0.05) is 54.4 Å². The van der Waals surface area contributed by atoms with Crippen LogP contribution in [0.4, 0.5) is 0 Å². The molecule has 1 aromatic carbocycles. The Hall–Kier alpha value is -3.25. The van der Waals surface area contributed by atoms with Crippen LogP contribution in [0.15, 0.2) is 47.2 Å². The third-order valence-electron chi connectivity index (χ3n) is 6.89. The minimum atomic E-state index is 0.0682. The molecule has 0 atom stereocenters. The third kappa shape index (κ3) is 4.00. The number of nitrogens with zero attached hydrogens (tertiary/aromatic N) is 3. The number of ether oxygens (including phenoxy) is 1. The minimum absolute atomic E-state index is 0.0682. The van der Waals surface area contributed by atoms with Crippen LogP contribution in [-0.2, 0) is 11.3 Å². The summed E-state index contributed by atoms with van der Waals surface area (Å²) in [7, 11) is 0. The molecule has 6 nitrogen and oxygen atoms in total. The lowest BCUT2D eigenvalue weighted by molar-refractivity contribution is 0.0161. The second kappa shape index (κ2) is 8.27. The van der Waals surface area contributed by atoms with E-state index in [2.05, 4.69) is 28.9 Å². The van der Waals surface area contributed by atoms with Crippen LogP contribution in [0.25, 0.3) is 33.3 Å². The quantitative estimate of drug-likeness (QED) is 0.354. The zero-order valence-electron chi connectivity index (χ0n) is 19.6. The lowest BCUT2D eigenvalue weighted by Crippen LogP contribution is -2.30. The molecular formula is C27H29N3O3. The number of hydrogen-bond donors (Lipinski definition) is 0. The van der Waals surface area contributed by atoms with E-state index < -0.39 is 0 Å². The van der Waals surface area contributed by atoms with Crippen LogP contribution >= 0.6 is 0 Å². The summed E-state index contributed by atoms with van der Waals surface area (Å²) in [4.78, 5) is 16.6. The molecule has 0 spiro atoms. The molecule has 0 N–H and O–H groups in total. The van der Waals surface area contributed by atoms with Crippen molar-refractivity contribution >= 4 is 16.8 Å². The number of Topliss-reactive ketones (excluding diaryl/α,β-unsaturated/α-hetero) is 1. The van der Waals surface area contributed by atoms with Crippen molar-refractivity contribution in [2.75, 3.05) is 13.2 Å². The van der Waals surface area contributed by atoms with Gasteiger partial charge in [0.15, 0.2) is 5.78 Å². The summed E-state index contributed by atoms with van der Waals surface area (Å²) < 4.78 is 13.4. The molecule has 0 unspecified atom stereocenters. The highest BCUT2D eigenvalue weighted by molar-refractivity contribution is 5.97. The number of ketones is 1. The molecule has 1 aliphatic heterocycles. The van der Waals surface area contributed by atoms with Crippen LogP contribution in [0, 0.1) is 19.3 Å². The highest BCUT2D eigenvalue weighted by atomic mass is 16.5. The van der Waals surface area contributed by atoms with Gasteiger partial charge in [-0.15, -0.1) is 0 Å². The average Bonchev–Trinajstić information content (AvgIpc) is 3.33. The lowest BCUT2D eigenvalue weighted by Gasteiger charge is -2.34. The Morgan fingerprint density at radius 1 is 1.12 bits per heavy atom. The molecule has 0 saturated carbocycles. The van der Waals surface area contributed by atoms with Gasteiger partial charge in [-0.3, -0.25) is 9.78 Å². The van der Waals surface area contributed by atoms with E-state index >= 15 is 0 Å². The van der Waals surface area contributed by atoms with Gasteiger partial charge in [0.05, 0.1) is 16.7 Å². The smallest absolute Gasteiger partial charge is 0.159 e. The van der Waals surface area contributed by atoms with Crippen molar-refractivity contribution in [3.63, 3.8) is 0 Å². The zero-order valence-corrected chi connectivity index (χ0v) is 19.6. The van der Waals surface area contributed by atoms with Crippen molar-refractivity contribution in [1.29, 1.82) is 0 Å². The van der Waals surface area contributed by atoms with E-state index in [0.717, 1.165) is 77.3 Å². The predicted octanol–water partition coefficient (Wildman–Crippen LogP) is 5.99. The summed E-state index contributed by atoms with van der Waals surface area (Å²) >= 11 is 0. The second-order valence-corrected chi connectivity index (χ2v) is 9.52. The van der Waals surface area contributed by atoms with E-state index in [1.165, 1.54) is 0 Å². The number of aromatic nitrogens is 3. The van der Waals surface area contributed by atoms with Gasteiger partial charge in [0.25, 0.3) is 0 Å². The van der Waals surface area contributed by atoms with Crippen LogP contribution in [0.3, 0.4) is 0 Å². The van der Waals surface area contributed by atoms with Gasteiger partial charge >= 0.3 is 0 Å². The molecule has 1 aliphatic rings. The topological polar surface area (TPSA) is 70.2 Å². The van der Waals surface area contributed by atoms with Gasteiger partial charge in [0.1, 0.15) is 5.76 Å². The Morgan fingerprint density at radius 2 is 1.85 bits per heavy atom. The van der Waals surface area contributed by atoms with Crippen molar-refractivity contribution in [1.82, 2.24) is 14.7 Å². The first-order chi connectivity index (χ1) is 15.8. The normalized spacial score (nSPS) is 15.8. The number of carbonyl (C=O) groups is 1. The highest BCUT2D eigenvalue weighted by Gasteiger charge is 2.29. The van der Waals surface area contributed by atoms with E-state index in [1.54, 1.807) is 6.92 Å². The van der Waals surface area contributed by atoms with Gasteiger partial charge in [-0.25, -0.2) is 0 Å². The maximum Gasteiger partial charge on any atom is 0.159 e. The van der Waals surface area contributed by atoms with Gasteiger partial charge in [0.2, 0.25) is 0 Å². The Labute approximate surface area is 193 Å². The number of hydrogen-bond acceptors (Lipinski definition) is 5. The standard InChI is InChI=1S/C27H29N3O3/c1-17-25(19(3)33-29-17)22-13-24-26(28-14-22)23(21-7-5-20(6-8-21)18(2)31)15-30(24)16-27(4)9-11-32-12-10-27/h5-8,13-15H,9-12,16H2,1-4H3. The van der Waals surface area contributed by atoms with Crippen LogP contribution < -0.4 is 0 Å². The Kier molecular flexibility index (Phi) is 5.41. The Bertz CT molecular complexity index is 1310. The molecule has 4 aromatic rings. The maximum atomic E-state index is 11.7. The molecule has 0 bridgehead atoms. The Morgan fingerprint density at radius 3 is 2.48 bits per heavy atom. The van der Waals surface area contributed by atoms with Crippen molar-refractivity contribution in [3.05, 3.63) is 59.7 Å². The summed E-state index contributed by atoms with van der Waals surface area (Å²) in [6.45, 7) is 10.3. The first-order valence-electron chi connectivity index (χ1n) is 11.5. The van der Waals surface area contributed by atoms with Gasteiger partial charge in [-0.2, -0.15) is 0 Å². The van der Waals surface area contributed by atoms with Gasteiger partial charge in [-0.1, -0.05) is 36.3 Å². The fourth-order valence-electron chi connectivity index (χ4n) is 4.86. The van der Waals surface area contributed by atoms with Crippen molar-refractivity contribution < 1.29 is 14.1 Å². The number of rotatable bonds is 5. The molecule has 0 radical (unpaired) electrons. The minimum Gasteiger partial charge on any atom is -0.381 e. The first-order valence-corrected chi connectivity index (χ1v) is 11.5. The van der Waals surface area contributed by atoms with Crippen LogP contribution in [0.2, 0.25) is 0 Å². The molecule has 1 saturated heterocycles. The molecular weight excluding hydrogens is 414 g/mol. The molecule has 0 amide bonds. The summed E-state index contributed by atoms with van der Waals surface area (Å²) in [5.74, 6) is 0.863. The first kappa shape index (κ1) is 21.6. The molecule has 1 fully saturated rings. The molecule has 6 heteroatoms. The van der Waals surface area contributed by atoms with E-state index in [1.807, 2.05) is 44.3 Å². The summed E-state index contributed by atoms with van der Waals surface area (Å²) in [6, 6.07) is 9.99. The van der Waals surface area contributed by atoms with Gasteiger partial charge < -0.3 is 13.8 Å². The fraction of sp³-hybridized carbons (Fsp3) is 0.370. The second-order valence-electron chi connectivity index (χ2n) is 9.52. The van der Waals surface area contributed by atoms with Crippen molar-refractivity contribution in [2.24, 2.45) is 5.41 Å². The summed E-state index contributed by atoms with van der Waals surface area (Å²) in [5.41, 5.74) is 7.92. The zero-order chi connectivity index (χ0) is 23.2. The van der Waals surface area contributed by atoms with E-state index in [0.29, 0.717) is 5.56 Å². The number of fused-ring (bicyclic) bond motifs is 1. The van der Waals surface area contributed by atoms with Crippen molar-refractivity contribution in [2.45, 2.75) is 47.1 Å². The number of pyridine rings is 1. The number of aryl methyl sites for hydroxylation is 2. The molecule has 3 aromatic heterocycles. The van der Waals surface area contributed by atoms with Crippen LogP contribution in [-0.4, -0.2) is 33.7 Å². The Balaban J connectivity index is 1.65. The van der Waals surface area contributed by atoms with Gasteiger partial charge in [-0.05, 0) is 50.7 Å². The summed E-state index contributed by atoms with van der Waals surface area (Å²) in [6.07, 6.45) is 6.18. The fourth-order valence-corrected chi connectivity index (χ4v) is 4.86. The molecule has 0 aliphatic carbocycles. The van der Waals surface area contributed by atoms with E-state index in [9.17, 15) is 4.79 Å². The van der Waals surface area contributed by atoms with Crippen molar-refractivity contribution in [3.8, 4) is 22.3 Å². The average molecular weight is 444 g/mol. The number of benzene rings is 1. The highest BCUT2D eigenvalue weighted by Crippen LogP contribution is 2.38. The molecule has 5 rings (SSSR count). The van der Waals surface area contributed by atoms with Crippen LogP contribution in [0.5, 0.6) is 0 Å². The lowest BCUT2D eigenvalue weighted by atomic mass is 9.82. The SMILES string of the molecule is CC(=O)c1ccc(-c2cn(CC3(C)CCOCC3)c3cc(-c4c(C)noc4C)cnc23)cc1. The predicted molar refractivity (Wildman–Crippen MR) is 128 cm³/mol.